The molecule has 2 aromatic rings. The van der Waals surface area contributed by atoms with E-state index in [-0.39, 0.29) is 17.5 Å². The van der Waals surface area contributed by atoms with Crippen molar-refractivity contribution in [2.45, 2.75) is 40.7 Å². The van der Waals surface area contributed by atoms with Crippen molar-refractivity contribution in [1.82, 2.24) is 25.1 Å². The fourth-order valence-corrected chi connectivity index (χ4v) is 2.54. The summed E-state index contributed by atoms with van der Waals surface area (Å²) < 4.78 is 1.92. The minimum absolute atomic E-state index is 0.108. The van der Waals surface area contributed by atoms with E-state index in [1.54, 1.807) is 13.0 Å². The highest BCUT2D eigenvalue weighted by Gasteiger charge is 2.11. The van der Waals surface area contributed by atoms with Gasteiger partial charge in [-0.2, -0.15) is 5.10 Å². The molecule has 0 aromatic carbocycles. The Kier molecular flexibility index (Phi) is 4.75. The summed E-state index contributed by atoms with van der Waals surface area (Å²) >= 11 is 0. The molecular formula is C15H22N6O. The van der Waals surface area contributed by atoms with Crippen molar-refractivity contribution >= 4 is 11.9 Å². The van der Waals surface area contributed by atoms with Crippen LogP contribution in [0.15, 0.2) is 6.07 Å². The SMILES string of the molecule is CCc1c(C)nn(CCNC(=O)c2cc(C)nc(N)n2)c1C. The van der Waals surface area contributed by atoms with Crippen molar-refractivity contribution in [1.29, 1.82) is 0 Å². The van der Waals surface area contributed by atoms with E-state index in [0.29, 0.717) is 18.8 Å². The second kappa shape index (κ2) is 6.55. The van der Waals surface area contributed by atoms with Crippen molar-refractivity contribution in [3.63, 3.8) is 0 Å². The molecule has 2 aromatic heterocycles. The van der Waals surface area contributed by atoms with Crippen molar-refractivity contribution in [2.75, 3.05) is 12.3 Å². The molecule has 7 heteroatoms. The zero-order valence-corrected chi connectivity index (χ0v) is 13.5. The number of anilines is 1. The monoisotopic (exact) mass is 302 g/mol. The number of carbonyl (C=O) groups excluding carboxylic acids is 1. The van der Waals surface area contributed by atoms with Crippen LogP contribution >= 0.6 is 0 Å². The Morgan fingerprint density at radius 1 is 1.32 bits per heavy atom. The molecule has 0 bridgehead atoms. The largest absolute Gasteiger partial charge is 0.368 e. The third-order valence-electron chi connectivity index (χ3n) is 3.60. The van der Waals surface area contributed by atoms with Gasteiger partial charge in [-0.1, -0.05) is 6.92 Å². The number of aromatic nitrogens is 4. The predicted octanol–water partition coefficient (Wildman–Crippen LogP) is 1.17. The van der Waals surface area contributed by atoms with Crippen LogP contribution in [0.4, 0.5) is 5.95 Å². The molecule has 0 aliphatic rings. The summed E-state index contributed by atoms with van der Waals surface area (Å²) in [5.41, 5.74) is 9.98. The molecule has 2 heterocycles. The van der Waals surface area contributed by atoms with E-state index in [0.717, 1.165) is 17.8 Å². The van der Waals surface area contributed by atoms with Gasteiger partial charge in [0.05, 0.1) is 12.2 Å². The molecule has 22 heavy (non-hydrogen) atoms. The molecule has 0 aliphatic heterocycles. The molecule has 0 radical (unpaired) electrons. The standard InChI is InChI=1S/C15H22N6O/c1-5-12-10(3)20-21(11(12)4)7-6-17-14(22)13-8-9(2)18-15(16)19-13/h8H,5-7H2,1-4H3,(H,17,22)(H2,16,18,19). The molecule has 0 unspecified atom stereocenters. The fraction of sp³-hybridized carbons (Fsp3) is 0.467. The lowest BCUT2D eigenvalue weighted by Crippen LogP contribution is -2.29. The predicted molar refractivity (Wildman–Crippen MR) is 84.6 cm³/mol. The van der Waals surface area contributed by atoms with Gasteiger partial charge < -0.3 is 11.1 Å². The Balaban J connectivity index is 1.97. The van der Waals surface area contributed by atoms with Crippen LogP contribution in [0, 0.1) is 20.8 Å². The number of carbonyl (C=O) groups is 1. The van der Waals surface area contributed by atoms with Gasteiger partial charge in [0.15, 0.2) is 0 Å². The molecule has 7 nitrogen and oxygen atoms in total. The van der Waals surface area contributed by atoms with E-state index in [1.807, 2.05) is 11.6 Å². The maximum absolute atomic E-state index is 12.1. The summed E-state index contributed by atoms with van der Waals surface area (Å²) in [6.45, 7) is 9.05. The van der Waals surface area contributed by atoms with Gasteiger partial charge in [0.1, 0.15) is 5.69 Å². The second-order valence-electron chi connectivity index (χ2n) is 5.23. The van der Waals surface area contributed by atoms with Crippen molar-refractivity contribution in [3.8, 4) is 0 Å². The van der Waals surface area contributed by atoms with Crippen LogP contribution < -0.4 is 11.1 Å². The van der Waals surface area contributed by atoms with E-state index in [2.05, 4.69) is 34.2 Å². The molecule has 0 saturated carbocycles. The third kappa shape index (κ3) is 3.41. The number of nitrogens with one attached hydrogen (secondary N) is 1. The highest BCUT2D eigenvalue weighted by atomic mass is 16.1. The topological polar surface area (TPSA) is 98.7 Å². The van der Waals surface area contributed by atoms with Crippen LogP contribution in [0.3, 0.4) is 0 Å². The van der Waals surface area contributed by atoms with Gasteiger partial charge in [-0.05, 0) is 38.8 Å². The molecule has 2 rings (SSSR count). The number of aryl methyl sites for hydroxylation is 2. The number of rotatable bonds is 5. The molecule has 0 spiro atoms. The Hall–Kier alpha value is -2.44. The quantitative estimate of drug-likeness (QED) is 0.864. The van der Waals surface area contributed by atoms with Crippen molar-refractivity contribution in [3.05, 3.63) is 34.4 Å². The lowest BCUT2D eigenvalue weighted by Gasteiger charge is -2.08. The minimum Gasteiger partial charge on any atom is -0.368 e. The number of hydrogen-bond acceptors (Lipinski definition) is 5. The van der Waals surface area contributed by atoms with Crippen LogP contribution in [-0.2, 0) is 13.0 Å². The molecule has 1 amide bonds. The van der Waals surface area contributed by atoms with Gasteiger partial charge in [-0.15, -0.1) is 0 Å². The van der Waals surface area contributed by atoms with E-state index in [1.165, 1.54) is 5.56 Å². The number of nitrogens with two attached hydrogens (primary N) is 1. The van der Waals surface area contributed by atoms with Gasteiger partial charge in [0.25, 0.3) is 5.91 Å². The smallest absolute Gasteiger partial charge is 0.270 e. The Bertz CT molecular complexity index is 671. The summed E-state index contributed by atoms with van der Waals surface area (Å²) in [7, 11) is 0. The summed E-state index contributed by atoms with van der Waals surface area (Å²) in [5.74, 6) is -0.147. The summed E-state index contributed by atoms with van der Waals surface area (Å²) in [6, 6.07) is 1.62. The first kappa shape index (κ1) is 15.9. The Labute approximate surface area is 130 Å². The summed E-state index contributed by atoms with van der Waals surface area (Å²) in [4.78, 5) is 20.0. The van der Waals surface area contributed by atoms with Crippen LogP contribution in [0.5, 0.6) is 0 Å². The lowest BCUT2D eigenvalue weighted by molar-refractivity contribution is 0.0946. The second-order valence-corrected chi connectivity index (χ2v) is 5.23. The van der Waals surface area contributed by atoms with Crippen molar-refractivity contribution < 1.29 is 4.79 Å². The zero-order valence-electron chi connectivity index (χ0n) is 13.5. The van der Waals surface area contributed by atoms with E-state index < -0.39 is 0 Å². The third-order valence-corrected chi connectivity index (χ3v) is 3.60. The first-order valence-corrected chi connectivity index (χ1v) is 7.34. The Morgan fingerprint density at radius 2 is 2.05 bits per heavy atom. The fourth-order valence-electron chi connectivity index (χ4n) is 2.54. The average molecular weight is 302 g/mol. The minimum atomic E-state index is -0.255. The van der Waals surface area contributed by atoms with Gasteiger partial charge in [-0.25, -0.2) is 9.97 Å². The lowest BCUT2D eigenvalue weighted by atomic mass is 10.1. The summed E-state index contributed by atoms with van der Waals surface area (Å²) in [6.07, 6.45) is 0.962. The van der Waals surface area contributed by atoms with Crippen LogP contribution in [0.25, 0.3) is 0 Å². The number of hydrogen-bond donors (Lipinski definition) is 2. The molecule has 3 N–H and O–H groups in total. The maximum Gasteiger partial charge on any atom is 0.270 e. The van der Waals surface area contributed by atoms with Crippen LogP contribution in [0.1, 0.15) is 40.1 Å². The number of amides is 1. The van der Waals surface area contributed by atoms with Crippen molar-refractivity contribution in [2.24, 2.45) is 0 Å². The highest BCUT2D eigenvalue weighted by Crippen LogP contribution is 2.13. The molecule has 0 saturated heterocycles. The molecule has 0 aliphatic carbocycles. The average Bonchev–Trinajstić information content (AvgIpc) is 2.71. The summed E-state index contributed by atoms with van der Waals surface area (Å²) in [5, 5.41) is 7.33. The number of nitrogens with zero attached hydrogens (tertiary/aromatic N) is 4. The van der Waals surface area contributed by atoms with Gasteiger partial charge in [0.2, 0.25) is 5.95 Å². The Morgan fingerprint density at radius 3 is 2.64 bits per heavy atom. The zero-order chi connectivity index (χ0) is 16.3. The molecule has 0 fully saturated rings. The van der Waals surface area contributed by atoms with E-state index >= 15 is 0 Å². The van der Waals surface area contributed by atoms with E-state index in [4.69, 9.17) is 5.73 Å². The number of nitrogen functional groups attached to an aromatic ring is 1. The molecular weight excluding hydrogens is 280 g/mol. The highest BCUT2D eigenvalue weighted by molar-refractivity contribution is 5.92. The molecule has 0 atom stereocenters. The van der Waals surface area contributed by atoms with Crippen LogP contribution in [0.2, 0.25) is 0 Å². The van der Waals surface area contributed by atoms with Gasteiger partial charge in [-0.3, -0.25) is 9.48 Å². The normalized spacial score (nSPS) is 10.7. The molecule has 118 valence electrons. The van der Waals surface area contributed by atoms with Gasteiger partial charge >= 0.3 is 0 Å². The first-order valence-electron chi connectivity index (χ1n) is 7.34. The van der Waals surface area contributed by atoms with Gasteiger partial charge in [0, 0.05) is 17.9 Å². The maximum atomic E-state index is 12.1. The first-order chi connectivity index (χ1) is 10.4. The van der Waals surface area contributed by atoms with Crippen LogP contribution in [-0.4, -0.2) is 32.2 Å². The van der Waals surface area contributed by atoms with E-state index in [9.17, 15) is 4.79 Å².